The molecule has 2 N–H and O–H groups in total. The zero-order chi connectivity index (χ0) is 15.3. The maximum atomic E-state index is 13.4. The number of hydrogen-bond donors (Lipinski definition) is 2. The van der Waals surface area contributed by atoms with E-state index in [0.29, 0.717) is 23.4 Å². The van der Waals surface area contributed by atoms with Gasteiger partial charge in [-0.1, -0.05) is 41.9 Å². The van der Waals surface area contributed by atoms with Crippen LogP contribution in [0.15, 0.2) is 48.5 Å². The Kier molecular flexibility index (Phi) is 5.34. The quantitative estimate of drug-likeness (QED) is 0.860. The minimum Gasteiger partial charge on any atom is -0.396 e. The normalized spacial score (nSPS) is 11.6. The van der Waals surface area contributed by atoms with Crippen molar-refractivity contribution in [3.8, 4) is 0 Å². The van der Waals surface area contributed by atoms with E-state index in [1.165, 1.54) is 18.2 Å². The van der Waals surface area contributed by atoms with Crippen molar-refractivity contribution < 1.29 is 14.6 Å². The van der Waals surface area contributed by atoms with Crippen molar-refractivity contribution in [2.75, 3.05) is 13.2 Å². The molecule has 0 heterocycles. The van der Waals surface area contributed by atoms with Gasteiger partial charge in [0.2, 0.25) is 0 Å². The molecule has 0 radical (unpaired) electrons. The summed E-state index contributed by atoms with van der Waals surface area (Å²) in [5, 5.41) is 20.0. The summed E-state index contributed by atoms with van der Waals surface area (Å²) in [7, 11) is 0. The number of halogens is 2. The minimum atomic E-state index is -0.765. The molecule has 0 saturated heterocycles. The zero-order valence-electron chi connectivity index (χ0n) is 11.6. The van der Waals surface area contributed by atoms with Crippen LogP contribution >= 0.6 is 11.6 Å². The Morgan fingerprint density at radius 2 is 1.62 bits per heavy atom. The lowest BCUT2D eigenvalue weighted by Gasteiger charge is -2.30. The molecule has 0 aliphatic carbocycles. The van der Waals surface area contributed by atoms with Gasteiger partial charge in [-0.2, -0.15) is 0 Å². The third kappa shape index (κ3) is 4.03. The molecule has 0 amide bonds. The molecule has 0 saturated carbocycles. The van der Waals surface area contributed by atoms with E-state index in [1.54, 1.807) is 0 Å². The van der Waals surface area contributed by atoms with E-state index in [1.807, 2.05) is 30.3 Å². The average Bonchev–Trinajstić information content (AvgIpc) is 2.51. The van der Waals surface area contributed by atoms with Crippen LogP contribution in [0.5, 0.6) is 0 Å². The number of benzene rings is 2. The molecule has 0 unspecified atom stereocenters. The Hall–Kier alpha value is -1.42. The molecule has 21 heavy (non-hydrogen) atoms. The first kappa shape index (κ1) is 16.0. The highest BCUT2D eigenvalue weighted by atomic mass is 35.5. The summed E-state index contributed by atoms with van der Waals surface area (Å²) in [4.78, 5) is 0. The molecule has 2 aromatic carbocycles. The number of rotatable bonds is 6. The average molecular weight is 309 g/mol. The molecule has 112 valence electrons. The maximum absolute atomic E-state index is 13.4. The van der Waals surface area contributed by atoms with Crippen LogP contribution in [0.2, 0.25) is 5.02 Å². The Bertz CT molecular complexity index is 583. The van der Waals surface area contributed by atoms with Crippen molar-refractivity contribution in [1.29, 1.82) is 0 Å². The molecule has 2 nitrogen and oxygen atoms in total. The highest BCUT2D eigenvalue weighted by Crippen LogP contribution is 2.30. The molecule has 0 atom stereocenters. The first-order valence-corrected chi connectivity index (χ1v) is 7.16. The molecule has 4 heteroatoms. The van der Waals surface area contributed by atoms with Crippen molar-refractivity contribution in [1.82, 2.24) is 0 Å². The molecule has 0 aromatic heterocycles. The molecular formula is C17H18ClFO2. The van der Waals surface area contributed by atoms with Crippen molar-refractivity contribution in [3.63, 3.8) is 0 Å². The second-order valence-electron chi connectivity index (χ2n) is 5.39. The Labute approximate surface area is 128 Å². The van der Waals surface area contributed by atoms with E-state index in [0.717, 1.165) is 5.56 Å². The topological polar surface area (TPSA) is 40.5 Å². The largest absolute Gasteiger partial charge is 0.396 e. The van der Waals surface area contributed by atoms with E-state index in [2.05, 4.69) is 0 Å². The van der Waals surface area contributed by atoms with Gasteiger partial charge in [-0.15, -0.1) is 0 Å². The van der Waals surface area contributed by atoms with Gasteiger partial charge in [0.1, 0.15) is 5.82 Å². The number of aliphatic hydroxyl groups excluding tert-OH is 2. The second-order valence-corrected chi connectivity index (χ2v) is 5.80. The second kappa shape index (κ2) is 7.03. The molecule has 0 spiro atoms. The van der Waals surface area contributed by atoms with Gasteiger partial charge in [0, 0.05) is 10.4 Å². The lowest BCUT2D eigenvalue weighted by Crippen LogP contribution is -2.35. The van der Waals surface area contributed by atoms with Gasteiger partial charge >= 0.3 is 0 Å². The first-order chi connectivity index (χ1) is 10.1. The zero-order valence-corrected chi connectivity index (χ0v) is 12.4. The van der Waals surface area contributed by atoms with E-state index < -0.39 is 5.41 Å². The van der Waals surface area contributed by atoms with Gasteiger partial charge in [-0.05, 0) is 42.2 Å². The van der Waals surface area contributed by atoms with Crippen LogP contribution < -0.4 is 0 Å². The Morgan fingerprint density at radius 3 is 2.24 bits per heavy atom. The standard InChI is InChI=1S/C17H18ClFO2/c18-16-7-6-15(19)8-14(16)10-17(11-20,12-21)9-13-4-2-1-3-5-13/h1-8,20-21H,9-12H2. The third-order valence-corrected chi connectivity index (χ3v) is 4.03. The minimum absolute atomic E-state index is 0.203. The molecule has 2 rings (SSSR count). The maximum Gasteiger partial charge on any atom is 0.123 e. The van der Waals surface area contributed by atoms with E-state index >= 15 is 0 Å². The fourth-order valence-electron chi connectivity index (χ4n) is 2.45. The molecule has 0 bridgehead atoms. The predicted octanol–water partition coefficient (Wildman–Crippen LogP) is 3.24. The molecule has 0 aliphatic rings. The van der Waals surface area contributed by atoms with Gasteiger partial charge in [0.05, 0.1) is 13.2 Å². The summed E-state index contributed by atoms with van der Waals surface area (Å²) >= 11 is 6.09. The van der Waals surface area contributed by atoms with Crippen molar-refractivity contribution in [2.45, 2.75) is 12.8 Å². The van der Waals surface area contributed by atoms with Crippen LogP contribution in [0, 0.1) is 11.2 Å². The SMILES string of the molecule is OCC(CO)(Cc1ccccc1)Cc1cc(F)ccc1Cl. The van der Waals surface area contributed by atoms with Crippen molar-refractivity contribution >= 4 is 11.6 Å². The smallest absolute Gasteiger partial charge is 0.123 e. The van der Waals surface area contributed by atoms with Crippen LogP contribution in [0.25, 0.3) is 0 Å². The Morgan fingerprint density at radius 1 is 0.952 bits per heavy atom. The van der Waals surface area contributed by atoms with Gasteiger partial charge in [-0.25, -0.2) is 4.39 Å². The summed E-state index contributed by atoms with van der Waals surface area (Å²) in [6, 6.07) is 13.7. The number of hydrogen-bond acceptors (Lipinski definition) is 2. The van der Waals surface area contributed by atoms with Crippen molar-refractivity contribution in [2.24, 2.45) is 5.41 Å². The summed E-state index contributed by atoms with van der Waals surface area (Å²) in [5.41, 5.74) is 0.836. The lowest BCUT2D eigenvalue weighted by molar-refractivity contribution is 0.0547. The van der Waals surface area contributed by atoms with Crippen LogP contribution in [0.4, 0.5) is 4.39 Å². The highest BCUT2D eigenvalue weighted by molar-refractivity contribution is 6.31. The monoisotopic (exact) mass is 308 g/mol. The summed E-state index contributed by atoms with van der Waals surface area (Å²) in [6.07, 6.45) is 0.805. The van der Waals surface area contributed by atoms with Gasteiger partial charge in [-0.3, -0.25) is 0 Å². The fraction of sp³-hybridized carbons (Fsp3) is 0.294. The van der Waals surface area contributed by atoms with Crippen LogP contribution in [0.3, 0.4) is 0 Å². The predicted molar refractivity (Wildman–Crippen MR) is 81.9 cm³/mol. The van der Waals surface area contributed by atoms with Crippen molar-refractivity contribution in [3.05, 3.63) is 70.5 Å². The summed E-state index contributed by atoms with van der Waals surface area (Å²) in [6.45, 7) is -0.406. The Balaban J connectivity index is 2.27. The van der Waals surface area contributed by atoms with Gasteiger partial charge in [0.25, 0.3) is 0 Å². The van der Waals surface area contributed by atoms with Crippen LogP contribution in [0.1, 0.15) is 11.1 Å². The van der Waals surface area contributed by atoms with Crippen LogP contribution in [-0.4, -0.2) is 23.4 Å². The molecular weight excluding hydrogens is 291 g/mol. The van der Waals surface area contributed by atoms with E-state index in [9.17, 15) is 14.6 Å². The molecule has 0 fully saturated rings. The van der Waals surface area contributed by atoms with Crippen LogP contribution in [-0.2, 0) is 12.8 Å². The summed E-state index contributed by atoms with van der Waals surface area (Å²) < 4.78 is 13.4. The molecule has 0 aliphatic heterocycles. The lowest BCUT2D eigenvalue weighted by atomic mass is 9.78. The fourth-order valence-corrected chi connectivity index (χ4v) is 2.63. The third-order valence-electron chi connectivity index (χ3n) is 3.67. The van der Waals surface area contributed by atoms with E-state index in [-0.39, 0.29) is 19.0 Å². The number of aliphatic hydroxyl groups is 2. The molecule has 2 aromatic rings. The first-order valence-electron chi connectivity index (χ1n) is 6.78. The highest BCUT2D eigenvalue weighted by Gasteiger charge is 2.30. The summed E-state index contributed by atoms with van der Waals surface area (Å²) in [5.74, 6) is -0.376. The van der Waals surface area contributed by atoms with E-state index in [4.69, 9.17) is 11.6 Å². The van der Waals surface area contributed by atoms with Gasteiger partial charge < -0.3 is 10.2 Å². The van der Waals surface area contributed by atoms with Gasteiger partial charge in [0.15, 0.2) is 0 Å².